The molecule has 0 aromatic heterocycles. The molecular formula is C57H54N2. The number of hydrogen-bond acceptors (Lipinski definition) is 2. The van der Waals surface area contributed by atoms with Crippen molar-refractivity contribution < 1.29 is 0 Å². The van der Waals surface area contributed by atoms with E-state index in [0.29, 0.717) is 0 Å². The van der Waals surface area contributed by atoms with Crippen molar-refractivity contribution in [1.82, 2.24) is 0 Å². The molecule has 0 aliphatic heterocycles. The molecule has 8 aromatic rings. The Labute approximate surface area is 352 Å². The standard InChI is InChI=1S/C57H54N2/c1-8-44-17-21-46(22-18-44)48-25-31-54(32-26-48)58(52-13-11-10-12-14-52)56-40(4)35-50(36-41(56)5)51-37-42(6)57(43(7)38-51)59(53-29-15-39(3)16-30-53)55-33-27-49(28-34-55)47-23-19-45(9-2)20-24-47/h10-38H,8-9H2,1-7H3. The molecule has 2 nitrogen and oxygen atoms in total. The molecule has 0 bridgehead atoms. The highest BCUT2D eigenvalue weighted by Gasteiger charge is 2.21. The summed E-state index contributed by atoms with van der Waals surface area (Å²) in [5.74, 6) is 0. The molecule has 0 spiro atoms. The van der Waals surface area contributed by atoms with Crippen LogP contribution in [0.2, 0.25) is 0 Å². The molecule has 0 radical (unpaired) electrons. The van der Waals surface area contributed by atoms with Gasteiger partial charge in [0.2, 0.25) is 0 Å². The van der Waals surface area contributed by atoms with Crippen LogP contribution in [0.1, 0.15) is 52.8 Å². The highest BCUT2D eigenvalue weighted by atomic mass is 15.2. The molecule has 0 heterocycles. The fourth-order valence-corrected chi connectivity index (χ4v) is 8.51. The summed E-state index contributed by atoms with van der Waals surface area (Å²) in [6.07, 6.45) is 2.09. The fraction of sp³-hybridized carbons (Fsp3) is 0.158. The largest absolute Gasteiger partial charge is 0.310 e. The first-order valence-electron chi connectivity index (χ1n) is 21.0. The molecule has 292 valence electrons. The molecule has 0 aliphatic rings. The van der Waals surface area contributed by atoms with Crippen LogP contribution in [0.4, 0.5) is 34.1 Å². The first-order chi connectivity index (χ1) is 28.7. The highest BCUT2D eigenvalue weighted by Crippen LogP contribution is 2.44. The van der Waals surface area contributed by atoms with E-state index in [1.165, 1.54) is 83.7 Å². The van der Waals surface area contributed by atoms with Gasteiger partial charge >= 0.3 is 0 Å². The molecule has 0 unspecified atom stereocenters. The summed E-state index contributed by atoms with van der Waals surface area (Å²) in [6, 6.07) is 65.0. The van der Waals surface area contributed by atoms with E-state index in [-0.39, 0.29) is 0 Å². The molecular weight excluding hydrogens is 713 g/mol. The molecule has 0 atom stereocenters. The average Bonchev–Trinajstić information content (AvgIpc) is 3.27. The van der Waals surface area contributed by atoms with E-state index in [9.17, 15) is 0 Å². The number of aryl methyl sites for hydroxylation is 7. The SMILES string of the molecule is CCc1ccc(-c2ccc(N(c3ccccc3)c3c(C)cc(-c4cc(C)c(N(c5ccc(C)cc5)c5ccc(-c6ccc(CC)cc6)cc5)c(C)c4)cc3C)cc2)cc1. The van der Waals surface area contributed by atoms with Crippen LogP contribution < -0.4 is 9.80 Å². The summed E-state index contributed by atoms with van der Waals surface area (Å²) in [6.45, 7) is 15.6. The minimum absolute atomic E-state index is 1.05. The first-order valence-corrected chi connectivity index (χ1v) is 21.0. The lowest BCUT2D eigenvalue weighted by Crippen LogP contribution is -2.13. The van der Waals surface area contributed by atoms with Gasteiger partial charge in [0.25, 0.3) is 0 Å². The van der Waals surface area contributed by atoms with Gasteiger partial charge in [0.15, 0.2) is 0 Å². The fourth-order valence-electron chi connectivity index (χ4n) is 8.51. The van der Waals surface area contributed by atoms with Crippen molar-refractivity contribution in [3.8, 4) is 33.4 Å². The molecule has 0 saturated heterocycles. The molecule has 0 aliphatic carbocycles. The van der Waals surface area contributed by atoms with Gasteiger partial charge in [-0.1, -0.05) is 123 Å². The number of nitrogens with zero attached hydrogens (tertiary/aromatic N) is 2. The van der Waals surface area contributed by atoms with Gasteiger partial charge in [-0.3, -0.25) is 0 Å². The number of anilines is 6. The van der Waals surface area contributed by atoms with Crippen LogP contribution >= 0.6 is 0 Å². The average molecular weight is 767 g/mol. The first kappa shape index (κ1) is 39.2. The Morgan fingerprint density at radius 3 is 0.915 bits per heavy atom. The molecule has 8 aromatic carbocycles. The number of para-hydroxylation sites is 1. The van der Waals surface area contributed by atoms with E-state index in [1.807, 2.05) is 0 Å². The van der Waals surface area contributed by atoms with Gasteiger partial charge < -0.3 is 9.80 Å². The molecule has 0 saturated carbocycles. The van der Waals surface area contributed by atoms with Gasteiger partial charge in [-0.2, -0.15) is 0 Å². The van der Waals surface area contributed by atoms with Gasteiger partial charge in [0.1, 0.15) is 0 Å². The summed E-state index contributed by atoms with van der Waals surface area (Å²) in [4.78, 5) is 4.82. The Bertz CT molecular complexity index is 2630. The summed E-state index contributed by atoms with van der Waals surface area (Å²) in [5, 5.41) is 0. The van der Waals surface area contributed by atoms with Gasteiger partial charge in [0, 0.05) is 22.7 Å². The van der Waals surface area contributed by atoms with Gasteiger partial charge in [-0.05, 0) is 187 Å². The van der Waals surface area contributed by atoms with Crippen molar-refractivity contribution in [3.05, 3.63) is 215 Å². The Morgan fingerprint density at radius 2 is 0.593 bits per heavy atom. The predicted molar refractivity (Wildman–Crippen MR) is 255 cm³/mol. The molecule has 0 fully saturated rings. The van der Waals surface area contributed by atoms with Crippen molar-refractivity contribution in [2.45, 2.75) is 61.3 Å². The molecule has 0 N–H and O–H groups in total. The number of hydrogen-bond donors (Lipinski definition) is 0. The Morgan fingerprint density at radius 1 is 0.305 bits per heavy atom. The second kappa shape index (κ2) is 17.1. The highest BCUT2D eigenvalue weighted by molar-refractivity contribution is 5.87. The smallest absolute Gasteiger partial charge is 0.0520 e. The van der Waals surface area contributed by atoms with Crippen LogP contribution in [-0.2, 0) is 12.8 Å². The monoisotopic (exact) mass is 766 g/mol. The maximum atomic E-state index is 2.42. The lowest BCUT2D eigenvalue weighted by Gasteiger charge is -2.30. The molecule has 59 heavy (non-hydrogen) atoms. The maximum absolute atomic E-state index is 2.42. The van der Waals surface area contributed by atoms with Crippen molar-refractivity contribution in [1.29, 1.82) is 0 Å². The quantitative estimate of drug-likeness (QED) is 0.129. The van der Waals surface area contributed by atoms with E-state index in [2.05, 4.69) is 234 Å². The predicted octanol–water partition coefficient (Wildman–Crippen LogP) is 16.3. The zero-order valence-corrected chi connectivity index (χ0v) is 35.6. The third-order valence-corrected chi connectivity index (χ3v) is 11.7. The minimum Gasteiger partial charge on any atom is -0.310 e. The van der Waals surface area contributed by atoms with E-state index in [4.69, 9.17) is 0 Å². The Balaban J connectivity index is 1.15. The van der Waals surface area contributed by atoms with Gasteiger partial charge in [-0.15, -0.1) is 0 Å². The van der Waals surface area contributed by atoms with Crippen molar-refractivity contribution in [2.24, 2.45) is 0 Å². The van der Waals surface area contributed by atoms with Crippen molar-refractivity contribution in [3.63, 3.8) is 0 Å². The third-order valence-electron chi connectivity index (χ3n) is 11.7. The number of benzene rings is 8. The van der Waals surface area contributed by atoms with Crippen molar-refractivity contribution in [2.75, 3.05) is 9.80 Å². The minimum atomic E-state index is 1.05. The van der Waals surface area contributed by atoms with Crippen LogP contribution in [0.3, 0.4) is 0 Å². The van der Waals surface area contributed by atoms with Crippen molar-refractivity contribution >= 4 is 34.1 Å². The summed E-state index contributed by atoms with van der Waals surface area (Å²) < 4.78 is 0. The maximum Gasteiger partial charge on any atom is 0.0520 e. The van der Waals surface area contributed by atoms with E-state index < -0.39 is 0 Å². The second-order valence-corrected chi connectivity index (χ2v) is 16.0. The van der Waals surface area contributed by atoms with E-state index in [0.717, 1.165) is 35.6 Å². The third kappa shape index (κ3) is 8.22. The van der Waals surface area contributed by atoms with Crippen LogP contribution in [-0.4, -0.2) is 0 Å². The lowest BCUT2D eigenvalue weighted by atomic mass is 9.93. The van der Waals surface area contributed by atoms with Crippen LogP contribution in [0, 0.1) is 34.6 Å². The zero-order chi connectivity index (χ0) is 41.0. The number of rotatable bonds is 11. The van der Waals surface area contributed by atoms with Crippen LogP contribution in [0.25, 0.3) is 33.4 Å². The lowest BCUT2D eigenvalue weighted by molar-refractivity contribution is 1.14. The van der Waals surface area contributed by atoms with E-state index >= 15 is 0 Å². The van der Waals surface area contributed by atoms with Crippen LogP contribution in [0.5, 0.6) is 0 Å². The Kier molecular flexibility index (Phi) is 11.3. The zero-order valence-electron chi connectivity index (χ0n) is 35.6. The van der Waals surface area contributed by atoms with Crippen LogP contribution in [0.15, 0.2) is 176 Å². The van der Waals surface area contributed by atoms with E-state index in [1.54, 1.807) is 0 Å². The summed E-state index contributed by atoms with van der Waals surface area (Å²) in [5.41, 5.74) is 23.2. The molecule has 2 heteroatoms. The second-order valence-electron chi connectivity index (χ2n) is 16.0. The summed E-state index contributed by atoms with van der Waals surface area (Å²) >= 11 is 0. The molecule has 0 amide bonds. The molecule has 8 rings (SSSR count). The topological polar surface area (TPSA) is 6.48 Å². The Hall–Kier alpha value is -6.64. The van der Waals surface area contributed by atoms with Gasteiger partial charge in [-0.25, -0.2) is 0 Å². The normalized spacial score (nSPS) is 11.1. The van der Waals surface area contributed by atoms with Gasteiger partial charge in [0.05, 0.1) is 11.4 Å². The summed E-state index contributed by atoms with van der Waals surface area (Å²) in [7, 11) is 0.